The van der Waals surface area contributed by atoms with E-state index in [9.17, 15) is 8.42 Å². The first kappa shape index (κ1) is 18.3. The van der Waals surface area contributed by atoms with E-state index in [0.717, 1.165) is 5.69 Å². The number of nitrogens with two attached hydrogens (primary N) is 1. The molecule has 1 aromatic heterocycles. The molecule has 0 spiro atoms. The number of rotatable bonds is 3. The van der Waals surface area contributed by atoms with Crippen LogP contribution in [0.2, 0.25) is 0 Å². The summed E-state index contributed by atoms with van der Waals surface area (Å²) in [4.78, 5) is 7.71. The van der Waals surface area contributed by atoms with E-state index in [-0.39, 0.29) is 11.0 Å². The summed E-state index contributed by atoms with van der Waals surface area (Å²) in [6.07, 6.45) is 1.33. The molecular formula is C10H11ClN4O5S2. The summed E-state index contributed by atoms with van der Waals surface area (Å²) in [5.41, 5.74) is 0.763. The number of hydrogen-bond donors (Lipinski definition) is 3. The van der Waals surface area contributed by atoms with Crippen molar-refractivity contribution in [2.75, 3.05) is 5.32 Å². The smallest absolute Gasteiger partial charge is 0.324 e. The number of nitrogens with zero attached hydrogens (tertiary/aromatic N) is 2. The summed E-state index contributed by atoms with van der Waals surface area (Å²) in [6, 6.07) is 10.4. The lowest BCUT2D eigenvalue weighted by molar-refractivity contribution is 0.501. The maximum atomic E-state index is 11.1. The van der Waals surface area contributed by atoms with Crippen LogP contribution in [-0.4, -0.2) is 31.4 Å². The Kier molecular flexibility index (Phi) is 6.20. The second-order valence-electron chi connectivity index (χ2n) is 3.67. The van der Waals surface area contributed by atoms with Gasteiger partial charge in [0.25, 0.3) is 10.0 Å². The summed E-state index contributed by atoms with van der Waals surface area (Å²) in [6.45, 7) is 0. The topological polar surface area (TPSA) is 152 Å². The number of halogens is 1. The van der Waals surface area contributed by atoms with Crippen molar-refractivity contribution >= 4 is 41.7 Å². The van der Waals surface area contributed by atoms with Gasteiger partial charge in [-0.1, -0.05) is 18.2 Å². The fourth-order valence-corrected chi connectivity index (χ4v) is 1.68. The number of primary sulfonamides is 1. The highest BCUT2D eigenvalue weighted by atomic mass is 35.7. The third-order valence-electron chi connectivity index (χ3n) is 1.95. The number of benzene rings is 1. The van der Waals surface area contributed by atoms with Crippen molar-refractivity contribution in [1.29, 1.82) is 0 Å². The van der Waals surface area contributed by atoms with Crippen LogP contribution in [0.1, 0.15) is 0 Å². The molecule has 0 atom stereocenters. The predicted molar refractivity (Wildman–Crippen MR) is 80.5 cm³/mol. The average Bonchev–Trinajstić information content (AvgIpc) is 2.37. The first-order valence-electron chi connectivity index (χ1n) is 5.41. The Bertz CT molecular complexity index is 819. The van der Waals surface area contributed by atoms with Gasteiger partial charge in [-0.25, -0.2) is 18.5 Å². The standard InChI is InChI=1S/C10H10N4O2S.ClHO3S/c11-17(15,16)9-6-7-12-10(14-9)13-8-4-2-1-3-5-8;1-5(2,3)4/h1-7H,(H2,11,15,16)(H,12,13,14);(H,2,3,4). The lowest BCUT2D eigenvalue weighted by Crippen LogP contribution is -2.14. The van der Waals surface area contributed by atoms with Crippen LogP contribution in [0.25, 0.3) is 0 Å². The number of hydrogen-bond acceptors (Lipinski definition) is 7. The van der Waals surface area contributed by atoms with Gasteiger partial charge in [0.1, 0.15) is 0 Å². The molecule has 0 aliphatic rings. The van der Waals surface area contributed by atoms with Crippen LogP contribution in [0.3, 0.4) is 0 Å². The zero-order chi connectivity index (χ0) is 16.8. The third-order valence-corrected chi connectivity index (χ3v) is 2.76. The van der Waals surface area contributed by atoms with E-state index < -0.39 is 19.4 Å². The summed E-state index contributed by atoms with van der Waals surface area (Å²) >= 11 is 0. The molecule has 0 fully saturated rings. The monoisotopic (exact) mass is 366 g/mol. The van der Waals surface area contributed by atoms with E-state index in [4.69, 9.17) is 18.1 Å². The summed E-state index contributed by atoms with van der Waals surface area (Å²) < 4.78 is 47.4. The van der Waals surface area contributed by atoms with Crippen molar-refractivity contribution in [3.05, 3.63) is 42.6 Å². The molecule has 0 bridgehead atoms. The lowest BCUT2D eigenvalue weighted by Gasteiger charge is -2.04. The van der Waals surface area contributed by atoms with Crippen molar-refractivity contribution in [2.45, 2.75) is 5.03 Å². The second kappa shape index (κ2) is 7.47. The van der Waals surface area contributed by atoms with Crippen LogP contribution < -0.4 is 10.5 Å². The van der Waals surface area contributed by atoms with Crippen LogP contribution in [-0.2, 0) is 19.4 Å². The summed E-state index contributed by atoms with van der Waals surface area (Å²) in [5, 5.41) is 7.63. The van der Waals surface area contributed by atoms with Gasteiger partial charge in [0, 0.05) is 22.6 Å². The molecule has 2 rings (SSSR count). The Labute approximate surface area is 131 Å². The fraction of sp³-hybridized carbons (Fsp3) is 0. The van der Waals surface area contributed by atoms with Crippen molar-refractivity contribution in [1.82, 2.24) is 9.97 Å². The van der Waals surface area contributed by atoms with E-state index in [1.54, 1.807) is 0 Å². The molecule has 0 saturated carbocycles. The van der Waals surface area contributed by atoms with Gasteiger partial charge in [0.05, 0.1) is 0 Å². The van der Waals surface area contributed by atoms with Gasteiger partial charge in [-0.05, 0) is 18.2 Å². The molecule has 0 unspecified atom stereocenters. The van der Waals surface area contributed by atoms with Gasteiger partial charge in [-0.2, -0.15) is 13.4 Å². The lowest BCUT2D eigenvalue weighted by atomic mass is 10.3. The maximum Gasteiger partial charge on any atom is 0.353 e. The number of aromatic nitrogens is 2. The van der Waals surface area contributed by atoms with E-state index in [1.165, 1.54) is 12.3 Å². The average molecular weight is 367 g/mol. The molecule has 12 heteroatoms. The molecule has 4 N–H and O–H groups in total. The molecule has 9 nitrogen and oxygen atoms in total. The van der Waals surface area contributed by atoms with Crippen LogP contribution in [0.15, 0.2) is 47.6 Å². The summed E-state index contributed by atoms with van der Waals surface area (Å²) in [7, 11) is -3.95. The minimum Gasteiger partial charge on any atom is -0.324 e. The molecule has 0 saturated heterocycles. The largest absolute Gasteiger partial charge is 0.353 e. The van der Waals surface area contributed by atoms with Crippen molar-refractivity contribution in [3.8, 4) is 0 Å². The maximum absolute atomic E-state index is 11.1. The second-order valence-corrected chi connectivity index (χ2v) is 7.17. The molecule has 0 amide bonds. The molecule has 1 aromatic carbocycles. The van der Waals surface area contributed by atoms with Crippen molar-refractivity contribution in [3.63, 3.8) is 0 Å². The van der Waals surface area contributed by atoms with E-state index >= 15 is 0 Å². The molecule has 2 aromatic rings. The first-order chi connectivity index (χ1) is 10.1. The Morgan fingerprint density at radius 1 is 1.09 bits per heavy atom. The van der Waals surface area contributed by atoms with Gasteiger partial charge in [0.2, 0.25) is 5.95 Å². The zero-order valence-corrected chi connectivity index (χ0v) is 13.2. The minimum absolute atomic E-state index is 0.183. The van der Waals surface area contributed by atoms with Crippen LogP contribution in [0.5, 0.6) is 0 Å². The Morgan fingerprint density at radius 2 is 1.64 bits per heavy atom. The van der Waals surface area contributed by atoms with Gasteiger partial charge >= 0.3 is 9.33 Å². The van der Waals surface area contributed by atoms with E-state index in [1.807, 2.05) is 30.3 Å². The number of anilines is 2. The van der Waals surface area contributed by atoms with Gasteiger partial charge in [-0.3, -0.25) is 4.55 Å². The van der Waals surface area contributed by atoms with E-state index in [2.05, 4.69) is 26.0 Å². The molecule has 120 valence electrons. The van der Waals surface area contributed by atoms with Crippen molar-refractivity contribution < 1.29 is 21.4 Å². The number of nitrogens with one attached hydrogen (secondary N) is 1. The predicted octanol–water partition coefficient (Wildman–Crippen LogP) is 0.896. The molecule has 0 aliphatic carbocycles. The minimum atomic E-state index is -4.19. The summed E-state index contributed by atoms with van der Waals surface area (Å²) in [5.74, 6) is 0.183. The van der Waals surface area contributed by atoms with Gasteiger partial charge in [-0.15, -0.1) is 0 Å². The quantitative estimate of drug-likeness (QED) is 0.411. The highest BCUT2D eigenvalue weighted by molar-refractivity contribution is 8.09. The molecular weight excluding hydrogens is 356 g/mol. The van der Waals surface area contributed by atoms with Gasteiger partial charge < -0.3 is 5.32 Å². The van der Waals surface area contributed by atoms with Crippen LogP contribution >= 0.6 is 10.7 Å². The third kappa shape index (κ3) is 7.85. The first-order valence-corrected chi connectivity index (χ1v) is 9.22. The highest BCUT2D eigenvalue weighted by Gasteiger charge is 2.10. The Hall–Kier alpha value is -1.79. The molecule has 1 heterocycles. The SMILES string of the molecule is NS(=O)(=O)c1ccnc(Nc2ccccc2)n1.O=S(=O)(O)Cl. The van der Waals surface area contributed by atoms with Crippen LogP contribution in [0.4, 0.5) is 11.6 Å². The van der Waals surface area contributed by atoms with E-state index in [0.29, 0.717) is 0 Å². The Balaban J connectivity index is 0.000000422. The molecule has 22 heavy (non-hydrogen) atoms. The zero-order valence-electron chi connectivity index (χ0n) is 10.8. The fourth-order valence-electron chi connectivity index (χ4n) is 1.21. The normalized spacial score (nSPS) is 11.2. The number of sulfonamides is 1. The molecule has 0 aliphatic heterocycles. The molecule has 0 radical (unpaired) electrons. The van der Waals surface area contributed by atoms with Gasteiger partial charge in [0.15, 0.2) is 5.03 Å². The highest BCUT2D eigenvalue weighted by Crippen LogP contribution is 2.12. The van der Waals surface area contributed by atoms with Crippen LogP contribution in [0, 0.1) is 0 Å². The Morgan fingerprint density at radius 3 is 2.14 bits per heavy atom. The van der Waals surface area contributed by atoms with Crippen molar-refractivity contribution in [2.24, 2.45) is 5.14 Å². The number of para-hydroxylation sites is 1.